The largest absolute Gasteiger partial charge is 0.336 e. The van der Waals surface area contributed by atoms with E-state index >= 15 is 0 Å². The van der Waals surface area contributed by atoms with Gasteiger partial charge in [-0.15, -0.1) is 0 Å². The zero-order valence-electron chi connectivity index (χ0n) is 20.3. The quantitative estimate of drug-likeness (QED) is 0.267. The molecule has 2 aliphatic rings. The fourth-order valence-electron chi connectivity index (χ4n) is 5.93. The number of nitrogens with one attached hydrogen (secondary N) is 1. The van der Waals surface area contributed by atoms with Crippen LogP contribution >= 0.6 is 11.3 Å². The monoisotopic (exact) mass is 504 g/mol. The molecule has 0 atom stereocenters. The van der Waals surface area contributed by atoms with Crippen LogP contribution in [0, 0.1) is 5.82 Å². The van der Waals surface area contributed by atoms with Crippen LogP contribution in [-0.2, 0) is 13.0 Å². The first-order valence-corrected chi connectivity index (χ1v) is 13.5. The van der Waals surface area contributed by atoms with Crippen molar-refractivity contribution in [2.24, 2.45) is 0 Å². The Hall–Kier alpha value is -3.96. The van der Waals surface area contributed by atoms with Crippen molar-refractivity contribution in [1.29, 1.82) is 0 Å². The molecule has 182 valence electrons. The standard InChI is InChI=1S/C32H25FN2OS/c33-23-8-3-5-20(17-23)19-35(24-13-16-28-30(18-24)37-32(36)34-28)29-10-4-7-22-12-14-26-25-9-2-1-6-21(25)11-15-27(26)31(22)29/h2-5,7-10,12-14,16-18H,1,6,11,15,19H2,(H,34,36). The molecule has 7 rings (SSSR count). The van der Waals surface area contributed by atoms with Crippen molar-refractivity contribution in [2.75, 3.05) is 4.90 Å². The predicted octanol–water partition coefficient (Wildman–Crippen LogP) is 8.27. The number of anilines is 2. The highest BCUT2D eigenvalue weighted by atomic mass is 32.1. The molecule has 1 N–H and O–H groups in total. The summed E-state index contributed by atoms with van der Waals surface area (Å²) >= 11 is 1.22. The number of allylic oxidation sites excluding steroid dienone is 4. The molecule has 0 saturated heterocycles. The van der Waals surface area contributed by atoms with Gasteiger partial charge in [0.1, 0.15) is 5.82 Å². The molecule has 0 amide bonds. The van der Waals surface area contributed by atoms with Crippen LogP contribution in [0.15, 0.2) is 95.3 Å². The van der Waals surface area contributed by atoms with Crippen LogP contribution in [0.5, 0.6) is 0 Å². The molecular weight excluding hydrogens is 479 g/mol. The van der Waals surface area contributed by atoms with Gasteiger partial charge >= 0.3 is 4.87 Å². The molecule has 0 saturated carbocycles. The SMILES string of the molecule is O=c1[nH]c2ccc(N(Cc3cccc(F)c3)c3cccc4ccc5c(c34)CCC3=C5C=CCC3)cc2s1. The lowest BCUT2D eigenvalue weighted by Crippen LogP contribution is -2.18. The van der Waals surface area contributed by atoms with Gasteiger partial charge in [0.15, 0.2) is 0 Å². The van der Waals surface area contributed by atoms with Gasteiger partial charge in [0.25, 0.3) is 0 Å². The molecule has 3 nitrogen and oxygen atoms in total. The summed E-state index contributed by atoms with van der Waals surface area (Å²) in [5, 5.41) is 2.46. The summed E-state index contributed by atoms with van der Waals surface area (Å²) in [7, 11) is 0. The van der Waals surface area contributed by atoms with Crippen LogP contribution in [0.3, 0.4) is 0 Å². The highest BCUT2D eigenvalue weighted by Gasteiger charge is 2.24. The summed E-state index contributed by atoms with van der Waals surface area (Å²) in [6.45, 7) is 0.513. The normalized spacial score (nSPS) is 14.7. The Bertz CT molecular complexity index is 1810. The number of rotatable bonds is 4. The van der Waals surface area contributed by atoms with E-state index in [2.05, 4.69) is 58.4 Å². The average Bonchev–Trinajstić information content (AvgIpc) is 3.30. The molecule has 5 heteroatoms. The Morgan fingerprint density at radius 3 is 2.78 bits per heavy atom. The Morgan fingerprint density at radius 1 is 0.946 bits per heavy atom. The molecule has 1 heterocycles. The third kappa shape index (κ3) is 3.91. The smallest absolute Gasteiger partial charge is 0.305 e. The van der Waals surface area contributed by atoms with E-state index in [0.717, 1.165) is 52.8 Å². The van der Waals surface area contributed by atoms with Crippen molar-refractivity contribution in [3.63, 3.8) is 0 Å². The third-order valence-corrected chi connectivity index (χ3v) is 8.46. The highest BCUT2D eigenvalue weighted by Crippen LogP contribution is 2.44. The zero-order valence-corrected chi connectivity index (χ0v) is 21.1. The van der Waals surface area contributed by atoms with Crippen LogP contribution < -0.4 is 9.77 Å². The number of aryl methyl sites for hydroxylation is 1. The minimum absolute atomic E-state index is 0.0623. The van der Waals surface area contributed by atoms with E-state index in [1.165, 1.54) is 44.9 Å². The van der Waals surface area contributed by atoms with Gasteiger partial charge in [0.2, 0.25) is 0 Å². The topological polar surface area (TPSA) is 36.1 Å². The van der Waals surface area contributed by atoms with E-state index in [9.17, 15) is 9.18 Å². The first-order valence-electron chi connectivity index (χ1n) is 12.7. The van der Waals surface area contributed by atoms with E-state index in [1.807, 2.05) is 18.2 Å². The molecule has 5 aromatic rings. The minimum atomic E-state index is -0.240. The predicted molar refractivity (Wildman–Crippen MR) is 152 cm³/mol. The van der Waals surface area contributed by atoms with Gasteiger partial charge in [-0.05, 0) is 89.7 Å². The van der Waals surface area contributed by atoms with Crippen LogP contribution in [0.4, 0.5) is 15.8 Å². The van der Waals surface area contributed by atoms with E-state index in [4.69, 9.17) is 0 Å². The summed E-state index contributed by atoms with van der Waals surface area (Å²) in [5.74, 6) is -0.240. The van der Waals surface area contributed by atoms with Crippen molar-refractivity contribution < 1.29 is 4.39 Å². The molecule has 1 aromatic heterocycles. The highest BCUT2D eigenvalue weighted by molar-refractivity contribution is 7.16. The first-order chi connectivity index (χ1) is 18.1. The van der Waals surface area contributed by atoms with Crippen LogP contribution in [-0.4, -0.2) is 4.98 Å². The summed E-state index contributed by atoms with van der Waals surface area (Å²) in [5.41, 5.74) is 9.48. The molecule has 2 aliphatic carbocycles. The molecule has 0 spiro atoms. The maximum absolute atomic E-state index is 14.2. The van der Waals surface area contributed by atoms with Crippen molar-refractivity contribution in [1.82, 2.24) is 4.98 Å². The fraction of sp³-hybridized carbons (Fsp3) is 0.156. The summed E-state index contributed by atoms with van der Waals surface area (Å²) in [6.07, 6.45) is 8.98. The van der Waals surface area contributed by atoms with Gasteiger partial charge in [0, 0.05) is 23.3 Å². The van der Waals surface area contributed by atoms with Crippen molar-refractivity contribution >= 4 is 49.3 Å². The Kier molecular flexibility index (Phi) is 5.33. The van der Waals surface area contributed by atoms with Gasteiger partial charge < -0.3 is 9.88 Å². The second-order valence-electron chi connectivity index (χ2n) is 9.84. The number of nitrogens with zero attached hydrogens (tertiary/aromatic N) is 1. The van der Waals surface area contributed by atoms with Crippen LogP contribution in [0.25, 0.3) is 26.6 Å². The number of hydrogen-bond acceptors (Lipinski definition) is 3. The summed E-state index contributed by atoms with van der Waals surface area (Å²) in [4.78, 5) is 17.1. The van der Waals surface area contributed by atoms with Gasteiger partial charge in [-0.25, -0.2) is 4.39 Å². The second-order valence-corrected chi connectivity index (χ2v) is 10.9. The maximum Gasteiger partial charge on any atom is 0.305 e. The fourth-order valence-corrected chi connectivity index (χ4v) is 6.70. The Morgan fingerprint density at radius 2 is 1.86 bits per heavy atom. The third-order valence-electron chi connectivity index (χ3n) is 7.61. The molecule has 0 fully saturated rings. The molecule has 0 unspecified atom stereocenters. The summed E-state index contributed by atoms with van der Waals surface area (Å²) < 4.78 is 15.1. The van der Waals surface area contributed by atoms with E-state index in [1.54, 1.807) is 17.7 Å². The van der Waals surface area contributed by atoms with Crippen LogP contribution in [0.2, 0.25) is 0 Å². The van der Waals surface area contributed by atoms with E-state index in [-0.39, 0.29) is 10.7 Å². The summed E-state index contributed by atoms with van der Waals surface area (Å²) in [6, 6.07) is 23.9. The number of aromatic nitrogens is 1. The Balaban J connectivity index is 1.46. The second kappa shape index (κ2) is 8.86. The number of fused-ring (bicyclic) bond motifs is 5. The molecule has 4 aromatic carbocycles. The van der Waals surface area contributed by atoms with Gasteiger partial charge in [0.05, 0.1) is 10.2 Å². The average molecular weight is 505 g/mol. The van der Waals surface area contributed by atoms with Gasteiger partial charge in [-0.3, -0.25) is 4.79 Å². The maximum atomic E-state index is 14.2. The van der Waals surface area contributed by atoms with Gasteiger partial charge in [-0.2, -0.15) is 0 Å². The lowest BCUT2D eigenvalue weighted by molar-refractivity contribution is 0.625. The molecule has 0 aliphatic heterocycles. The number of H-pyrrole nitrogens is 1. The van der Waals surface area contributed by atoms with E-state index in [0.29, 0.717) is 6.54 Å². The lowest BCUT2D eigenvalue weighted by Gasteiger charge is -2.30. The number of hydrogen-bond donors (Lipinski definition) is 1. The molecule has 0 bridgehead atoms. The minimum Gasteiger partial charge on any atom is -0.336 e. The van der Waals surface area contributed by atoms with Crippen molar-refractivity contribution in [3.8, 4) is 0 Å². The number of halogens is 1. The first kappa shape index (κ1) is 22.3. The molecular formula is C32H25FN2OS. The van der Waals surface area contributed by atoms with Crippen LogP contribution in [0.1, 0.15) is 36.0 Å². The van der Waals surface area contributed by atoms with Crippen molar-refractivity contribution in [3.05, 3.63) is 123 Å². The molecule has 37 heavy (non-hydrogen) atoms. The van der Waals surface area contributed by atoms with Crippen molar-refractivity contribution in [2.45, 2.75) is 32.2 Å². The number of aromatic amines is 1. The van der Waals surface area contributed by atoms with Gasteiger partial charge in [-0.1, -0.05) is 65.5 Å². The lowest BCUT2D eigenvalue weighted by atomic mass is 9.79. The number of benzene rings is 4. The number of thiazole rings is 1. The Labute approximate surface area is 218 Å². The molecule has 0 radical (unpaired) electrons. The zero-order chi connectivity index (χ0) is 24.9. The van der Waals surface area contributed by atoms with E-state index < -0.39 is 0 Å².